The fourth-order valence-corrected chi connectivity index (χ4v) is 1.20. The minimum atomic E-state index is 0.116. The molecule has 0 aliphatic heterocycles. The molecule has 0 aromatic carbocycles. The second kappa shape index (κ2) is 12.4. The van der Waals surface area contributed by atoms with E-state index in [0.717, 1.165) is 39.3 Å². The Bertz CT molecular complexity index is 164. The van der Waals surface area contributed by atoms with E-state index in [-0.39, 0.29) is 5.91 Å². The summed E-state index contributed by atoms with van der Waals surface area (Å²) in [6, 6.07) is 0. The van der Waals surface area contributed by atoms with E-state index in [0.29, 0.717) is 13.0 Å². The van der Waals surface area contributed by atoms with Gasteiger partial charge in [-0.2, -0.15) is 0 Å². The Labute approximate surface area is 98.7 Å². The van der Waals surface area contributed by atoms with Gasteiger partial charge in [-0.3, -0.25) is 4.79 Å². The fourth-order valence-electron chi connectivity index (χ4n) is 1.20. The number of carbonyl (C=O) groups is 1. The number of carbonyl (C=O) groups excluding carboxylic acids is 1. The highest BCUT2D eigenvalue weighted by Gasteiger charge is 1.94. The molecule has 16 heavy (non-hydrogen) atoms. The molecule has 0 saturated carbocycles. The number of amides is 1. The van der Waals surface area contributed by atoms with Crippen LogP contribution in [-0.2, 0) is 4.79 Å². The third-order valence-corrected chi connectivity index (χ3v) is 2.15. The van der Waals surface area contributed by atoms with Crippen LogP contribution in [0.3, 0.4) is 0 Å². The van der Waals surface area contributed by atoms with Crippen LogP contribution in [0.2, 0.25) is 0 Å². The number of likely N-dealkylation sites (N-methyl/N-ethyl adjacent to an activating group) is 1. The van der Waals surface area contributed by atoms with Crippen molar-refractivity contribution in [1.82, 2.24) is 21.3 Å². The molecule has 0 aromatic heterocycles. The van der Waals surface area contributed by atoms with Gasteiger partial charge in [0, 0.05) is 45.7 Å². The SMILES string of the molecule is CCNCCNCCNCCNC(=O)CC. The number of hydrogen-bond acceptors (Lipinski definition) is 4. The third kappa shape index (κ3) is 11.4. The van der Waals surface area contributed by atoms with E-state index in [9.17, 15) is 4.79 Å². The highest BCUT2D eigenvalue weighted by Crippen LogP contribution is 1.72. The summed E-state index contributed by atoms with van der Waals surface area (Å²) in [6.45, 7) is 10.5. The van der Waals surface area contributed by atoms with Crippen molar-refractivity contribution < 1.29 is 4.79 Å². The molecule has 0 rings (SSSR count). The lowest BCUT2D eigenvalue weighted by molar-refractivity contribution is -0.120. The highest BCUT2D eigenvalue weighted by molar-refractivity contribution is 5.75. The van der Waals surface area contributed by atoms with Gasteiger partial charge >= 0.3 is 0 Å². The maximum absolute atomic E-state index is 10.9. The second-order valence-electron chi connectivity index (χ2n) is 3.56. The van der Waals surface area contributed by atoms with Crippen LogP contribution in [0.1, 0.15) is 20.3 Å². The van der Waals surface area contributed by atoms with Gasteiger partial charge in [0.2, 0.25) is 5.91 Å². The topological polar surface area (TPSA) is 65.2 Å². The van der Waals surface area contributed by atoms with E-state index >= 15 is 0 Å². The summed E-state index contributed by atoms with van der Waals surface area (Å²) in [4.78, 5) is 10.9. The van der Waals surface area contributed by atoms with E-state index < -0.39 is 0 Å². The van der Waals surface area contributed by atoms with Crippen LogP contribution in [0.5, 0.6) is 0 Å². The molecule has 4 N–H and O–H groups in total. The molecule has 96 valence electrons. The van der Waals surface area contributed by atoms with Crippen LogP contribution >= 0.6 is 0 Å². The first-order valence-electron chi connectivity index (χ1n) is 6.20. The Hall–Kier alpha value is -0.650. The molecule has 0 aliphatic rings. The first-order chi connectivity index (χ1) is 7.81. The molecular weight excluding hydrogens is 204 g/mol. The van der Waals surface area contributed by atoms with Gasteiger partial charge in [-0.25, -0.2) is 0 Å². The summed E-state index contributed by atoms with van der Waals surface area (Å²) >= 11 is 0. The van der Waals surface area contributed by atoms with Gasteiger partial charge in [0.25, 0.3) is 0 Å². The normalized spacial score (nSPS) is 10.4. The zero-order valence-corrected chi connectivity index (χ0v) is 10.6. The van der Waals surface area contributed by atoms with Crippen molar-refractivity contribution in [1.29, 1.82) is 0 Å². The van der Waals surface area contributed by atoms with Gasteiger partial charge in [0.15, 0.2) is 0 Å². The van der Waals surface area contributed by atoms with Crippen LogP contribution in [0.4, 0.5) is 0 Å². The van der Waals surface area contributed by atoms with Crippen LogP contribution in [0.25, 0.3) is 0 Å². The summed E-state index contributed by atoms with van der Waals surface area (Å²) < 4.78 is 0. The first kappa shape index (κ1) is 15.3. The van der Waals surface area contributed by atoms with Crippen molar-refractivity contribution in [3.05, 3.63) is 0 Å². The third-order valence-electron chi connectivity index (χ3n) is 2.15. The summed E-state index contributed by atoms with van der Waals surface area (Å²) in [6.07, 6.45) is 0.561. The van der Waals surface area contributed by atoms with Gasteiger partial charge in [-0.1, -0.05) is 13.8 Å². The Morgan fingerprint density at radius 1 is 0.812 bits per heavy atom. The molecule has 0 unspecified atom stereocenters. The summed E-state index contributed by atoms with van der Waals surface area (Å²) in [5, 5.41) is 12.6. The van der Waals surface area contributed by atoms with Crippen molar-refractivity contribution in [3.63, 3.8) is 0 Å². The molecule has 0 radical (unpaired) electrons. The fraction of sp³-hybridized carbons (Fsp3) is 0.909. The predicted octanol–water partition coefficient (Wildman–Crippen LogP) is -0.699. The number of hydrogen-bond donors (Lipinski definition) is 4. The van der Waals surface area contributed by atoms with Gasteiger partial charge in [-0.05, 0) is 6.54 Å². The molecule has 0 bridgehead atoms. The zero-order valence-electron chi connectivity index (χ0n) is 10.6. The lowest BCUT2D eigenvalue weighted by atomic mass is 10.4. The average Bonchev–Trinajstić information content (AvgIpc) is 2.31. The lowest BCUT2D eigenvalue weighted by Gasteiger charge is -2.07. The second-order valence-corrected chi connectivity index (χ2v) is 3.56. The molecule has 0 fully saturated rings. The van der Waals surface area contributed by atoms with Gasteiger partial charge < -0.3 is 21.3 Å². The minimum absolute atomic E-state index is 0.116. The van der Waals surface area contributed by atoms with Crippen molar-refractivity contribution in [2.24, 2.45) is 0 Å². The van der Waals surface area contributed by atoms with E-state index in [1.807, 2.05) is 6.92 Å². The minimum Gasteiger partial charge on any atom is -0.355 e. The standard InChI is InChI=1S/C11H26N4O/c1-3-11(16)15-10-9-14-8-7-13-6-5-12-4-2/h12-14H,3-10H2,1-2H3,(H,15,16). The quantitative estimate of drug-likeness (QED) is 0.355. The predicted molar refractivity (Wildman–Crippen MR) is 67.6 cm³/mol. The Kier molecular flexibility index (Phi) is 11.9. The molecular formula is C11H26N4O. The Balaban J connectivity index is 2.96. The van der Waals surface area contributed by atoms with Crippen LogP contribution in [0.15, 0.2) is 0 Å². The molecule has 0 aromatic rings. The molecule has 5 heteroatoms. The van der Waals surface area contributed by atoms with Crippen LogP contribution in [0, 0.1) is 0 Å². The van der Waals surface area contributed by atoms with Gasteiger partial charge in [0.1, 0.15) is 0 Å². The molecule has 0 atom stereocenters. The van der Waals surface area contributed by atoms with E-state index in [2.05, 4.69) is 28.2 Å². The maximum atomic E-state index is 10.9. The average molecular weight is 230 g/mol. The number of rotatable bonds is 11. The molecule has 0 saturated heterocycles. The highest BCUT2D eigenvalue weighted by atomic mass is 16.1. The monoisotopic (exact) mass is 230 g/mol. The summed E-state index contributed by atoms with van der Waals surface area (Å²) in [5.41, 5.74) is 0. The van der Waals surface area contributed by atoms with E-state index in [1.54, 1.807) is 0 Å². The lowest BCUT2D eigenvalue weighted by Crippen LogP contribution is -2.36. The summed E-state index contributed by atoms with van der Waals surface area (Å²) in [5.74, 6) is 0.116. The Morgan fingerprint density at radius 3 is 1.81 bits per heavy atom. The first-order valence-corrected chi connectivity index (χ1v) is 6.20. The molecule has 1 amide bonds. The van der Waals surface area contributed by atoms with Gasteiger partial charge in [0.05, 0.1) is 0 Å². The van der Waals surface area contributed by atoms with Crippen molar-refractivity contribution in [2.75, 3.05) is 45.8 Å². The molecule has 0 heterocycles. The van der Waals surface area contributed by atoms with Crippen molar-refractivity contribution >= 4 is 5.91 Å². The van der Waals surface area contributed by atoms with Crippen molar-refractivity contribution in [2.45, 2.75) is 20.3 Å². The molecule has 0 spiro atoms. The van der Waals surface area contributed by atoms with E-state index in [4.69, 9.17) is 0 Å². The zero-order chi connectivity index (χ0) is 12.1. The van der Waals surface area contributed by atoms with Crippen LogP contribution in [-0.4, -0.2) is 51.7 Å². The smallest absolute Gasteiger partial charge is 0.219 e. The van der Waals surface area contributed by atoms with E-state index in [1.165, 1.54) is 0 Å². The van der Waals surface area contributed by atoms with Crippen molar-refractivity contribution in [3.8, 4) is 0 Å². The molecule has 0 aliphatic carbocycles. The molecule has 5 nitrogen and oxygen atoms in total. The largest absolute Gasteiger partial charge is 0.355 e. The van der Waals surface area contributed by atoms with Crippen LogP contribution < -0.4 is 21.3 Å². The Morgan fingerprint density at radius 2 is 1.31 bits per heavy atom. The maximum Gasteiger partial charge on any atom is 0.219 e. The van der Waals surface area contributed by atoms with Gasteiger partial charge in [-0.15, -0.1) is 0 Å². The summed E-state index contributed by atoms with van der Waals surface area (Å²) in [7, 11) is 0. The number of nitrogens with one attached hydrogen (secondary N) is 4.